The summed E-state index contributed by atoms with van der Waals surface area (Å²) in [5.41, 5.74) is 1.79. The minimum atomic E-state index is -0.579. The number of nitriles is 1. The number of nitrogens with one attached hydrogen (secondary N) is 3. The Hall–Kier alpha value is -2.88. The molecule has 112 valence electrons. The van der Waals surface area contributed by atoms with Crippen molar-refractivity contribution in [2.24, 2.45) is 5.41 Å². The number of aromatic amines is 2. The summed E-state index contributed by atoms with van der Waals surface area (Å²) in [5.74, 6) is 0.415. The topological polar surface area (TPSA) is 110 Å². The zero-order valence-electron chi connectivity index (χ0n) is 12.4. The van der Waals surface area contributed by atoms with Crippen molar-refractivity contribution in [2.45, 2.75) is 20.3 Å². The molecule has 0 atom stereocenters. The second-order valence-corrected chi connectivity index (χ2v) is 5.89. The molecule has 0 aromatic carbocycles. The second-order valence-electron chi connectivity index (χ2n) is 5.89. The Morgan fingerprint density at radius 3 is 3.09 bits per heavy atom. The molecule has 0 aliphatic carbocycles. The number of imidazole rings is 1. The summed E-state index contributed by atoms with van der Waals surface area (Å²) < 4.78 is 0. The number of fused-ring (bicyclic) bond motifs is 3. The molecule has 0 saturated carbocycles. The smallest absolute Gasteiger partial charge is 0.227 e. The van der Waals surface area contributed by atoms with Crippen LogP contribution in [0.2, 0.25) is 0 Å². The van der Waals surface area contributed by atoms with E-state index in [9.17, 15) is 4.79 Å². The Labute approximate surface area is 126 Å². The van der Waals surface area contributed by atoms with Crippen LogP contribution < -0.4 is 5.32 Å². The van der Waals surface area contributed by atoms with E-state index in [2.05, 4.69) is 31.3 Å². The first kappa shape index (κ1) is 14.1. The molecule has 0 fully saturated rings. The lowest BCUT2D eigenvalue weighted by molar-refractivity contribution is -0.120. The summed E-state index contributed by atoms with van der Waals surface area (Å²) in [5, 5.41) is 12.6. The van der Waals surface area contributed by atoms with E-state index >= 15 is 0 Å². The maximum atomic E-state index is 12.0. The van der Waals surface area contributed by atoms with Crippen LogP contribution in [0.15, 0.2) is 18.5 Å². The van der Waals surface area contributed by atoms with Gasteiger partial charge in [0, 0.05) is 18.1 Å². The third kappa shape index (κ3) is 2.63. The van der Waals surface area contributed by atoms with E-state index in [4.69, 9.17) is 5.26 Å². The molecule has 0 aliphatic rings. The molecular formula is C15H16N6O. The van der Waals surface area contributed by atoms with Gasteiger partial charge in [0.1, 0.15) is 17.0 Å². The highest BCUT2D eigenvalue weighted by molar-refractivity contribution is 6.00. The quantitative estimate of drug-likeness (QED) is 0.679. The van der Waals surface area contributed by atoms with Gasteiger partial charge in [-0.25, -0.2) is 9.97 Å². The highest BCUT2D eigenvalue weighted by atomic mass is 16.1. The Bertz CT molecular complexity index is 882. The third-order valence-corrected chi connectivity index (χ3v) is 3.44. The van der Waals surface area contributed by atoms with E-state index in [1.807, 2.05) is 12.3 Å². The van der Waals surface area contributed by atoms with E-state index in [0.29, 0.717) is 12.4 Å². The van der Waals surface area contributed by atoms with Crippen LogP contribution in [-0.2, 0) is 11.2 Å². The zero-order valence-corrected chi connectivity index (χ0v) is 12.4. The average Bonchev–Trinajstić information content (AvgIpc) is 3.10. The van der Waals surface area contributed by atoms with Crippen LogP contribution in [0.4, 0.5) is 0 Å². The number of hydrogen-bond acceptors (Lipinski definition) is 4. The Morgan fingerprint density at radius 2 is 2.32 bits per heavy atom. The first-order chi connectivity index (χ1) is 10.5. The van der Waals surface area contributed by atoms with Crippen molar-refractivity contribution in [3.63, 3.8) is 0 Å². The minimum absolute atomic E-state index is 0.141. The Morgan fingerprint density at radius 1 is 1.50 bits per heavy atom. The van der Waals surface area contributed by atoms with Gasteiger partial charge in [-0.15, -0.1) is 0 Å². The van der Waals surface area contributed by atoms with Gasteiger partial charge in [-0.1, -0.05) is 0 Å². The van der Waals surface area contributed by atoms with E-state index < -0.39 is 5.41 Å². The van der Waals surface area contributed by atoms with Crippen LogP contribution in [0.5, 0.6) is 0 Å². The van der Waals surface area contributed by atoms with Crippen LogP contribution in [0, 0.1) is 16.7 Å². The van der Waals surface area contributed by atoms with Crippen molar-refractivity contribution in [3.8, 4) is 6.07 Å². The third-order valence-electron chi connectivity index (χ3n) is 3.44. The van der Waals surface area contributed by atoms with Crippen molar-refractivity contribution < 1.29 is 4.79 Å². The van der Waals surface area contributed by atoms with E-state index in [-0.39, 0.29) is 12.3 Å². The molecule has 0 bridgehead atoms. The SMILES string of the molecule is CC(C)(C#N)CNC(=O)Cc1nc2c(cnc3[nH]ccc32)[nH]1. The molecule has 3 N–H and O–H groups in total. The van der Waals surface area contributed by atoms with Crippen molar-refractivity contribution in [2.75, 3.05) is 6.54 Å². The fraction of sp³-hybridized carbons (Fsp3) is 0.333. The fourth-order valence-corrected chi connectivity index (χ4v) is 2.18. The van der Waals surface area contributed by atoms with Gasteiger partial charge in [0.25, 0.3) is 0 Å². The number of H-pyrrole nitrogens is 2. The minimum Gasteiger partial charge on any atom is -0.354 e. The second kappa shape index (κ2) is 5.15. The molecule has 0 saturated heterocycles. The summed E-state index contributed by atoms with van der Waals surface area (Å²) in [6, 6.07) is 4.06. The molecule has 0 spiro atoms. The van der Waals surface area contributed by atoms with Gasteiger partial charge in [0.15, 0.2) is 0 Å². The summed E-state index contributed by atoms with van der Waals surface area (Å²) in [6.07, 6.45) is 3.64. The monoisotopic (exact) mass is 296 g/mol. The van der Waals surface area contributed by atoms with E-state index in [1.54, 1.807) is 20.0 Å². The highest BCUT2D eigenvalue weighted by Gasteiger charge is 2.18. The predicted molar refractivity (Wildman–Crippen MR) is 81.9 cm³/mol. The predicted octanol–water partition coefficient (Wildman–Crippen LogP) is 1.65. The Balaban J connectivity index is 1.77. The van der Waals surface area contributed by atoms with Gasteiger partial charge in [-0.2, -0.15) is 5.26 Å². The highest BCUT2D eigenvalue weighted by Crippen LogP contribution is 2.20. The number of hydrogen-bond donors (Lipinski definition) is 3. The lowest BCUT2D eigenvalue weighted by Crippen LogP contribution is -2.34. The lowest BCUT2D eigenvalue weighted by Gasteiger charge is -2.15. The molecule has 0 unspecified atom stereocenters. The fourth-order valence-electron chi connectivity index (χ4n) is 2.18. The van der Waals surface area contributed by atoms with Crippen molar-refractivity contribution in [1.29, 1.82) is 5.26 Å². The number of carbonyl (C=O) groups excluding carboxylic acids is 1. The van der Waals surface area contributed by atoms with Gasteiger partial charge in [-0.3, -0.25) is 4.79 Å². The molecule has 0 aliphatic heterocycles. The first-order valence-electron chi connectivity index (χ1n) is 6.97. The Kier molecular flexibility index (Phi) is 3.29. The molecule has 7 nitrogen and oxygen atoms in total. The van der Waals surface area contributed by atoms with Gasteiger partial charge < -0.3 is 15.3 Å². The van der Waals surface area contributed by atoms with Crippen molar-refractivity contribution >= 4 is 28.0 Å². The zero-order chi connectivity index (χ0) is 15.7. The van der Waals surface area contributed by atoms with E-state index in [1.165, 1.54) is 0 Å². The van der Waals surface area contributed by atoms with Crippen LogP contribution >= 0.6 is 0 Å². The normalized spacial score (nSPS) is 11.7. The average molecular weight is 296 g/mol. The molecule has 22 heavy (non-hydrogen) atoms. The van der Waals surface area contributed by atoms with Gasteiger partial charge >= 0.3 is 0 Å². The summed E-state index contributed by atoms with van der Waals surface area (Å²) in [6.45, 7) is 3.87. The van der Waals surface area contributed by atoms with Crippen LogP contribution in [0.1, 0.15) is 19.7 Å². The van der Waals surface area contributed by atoms with Gasteiger partial charge in [-0.05, 0) is 19.9 Å². The number of aromatic nitrogens is 4. The van der Waals surface area contributed by atoms with Crippen molar-refractivity contribution in [1.82, 2.24) is 25.3 Å². The van der Waals surface area contributed by atoms with Crippen molar-refractivity contribution in [3.05, 3.63) is 24.3 Å². The standard InChI is InChI=1S/C15H16N6O/c1-15(2,7-16)8-19-12(22)5-11-20-10-6-18-14-9(3-4-17-14)13(10)21-11/h3-4,6H,5,8H2,1-2H3,(H,17,18)(H,19,22)(H,20,21). The maximum Gasteiger partial charge on any atom is 0.227 e. The van der Waals surface area contributed by atoms with Crippen LogP contribution in [0.3, 0.4) is 0 Å². The van der Waals surface area contributed by atoms with Gasteiger partial charge in [0.05, 0.1) is 29.6 Å². The lowest BCUT2D eigenvalue weighted by atomic mass is 9.96. The molecule has 3 heterocycles. The molecule has 1 amide bonds. The van der Waals surface area contributed by atoms with Crippen LogP contribution in [0.25, 0.3) is 22.1 Å². The molecule has 3 rings (SSSR count). The number of nitrogens with zero attached hydrogens (tertiary/aromatic N) is 3. The molecule has 7 heteroatoms. The molecular weight excluding hydrogens is 280 g/mol. The maximum absolute atomic E-state index is 12.0. The molecule has 3 aromatic rings. The molecule has 0 radical (unpaired) electrons. The van der Waals surface area contributed by atoms with Gasteiger partial charge in [0.2, 0.25) is 5.91 Å². The largest absolute Gasteiger partial charge is 0.354 e. The molecule has 3 aromatic heterocycles. The van der Waals surface area contributed by atoms with E-state index in [0.717, 1.165) is 22.1 Å². The van der Waals surface area contributed by atoms with Crippen LogP contribution in [-0.4, -0.2) is 32.4 Å². The number of rotatable bonds is 4. The summed E-state index contributed by atoms with van der Waals surface area (Å²) in [7, 11) is 0. The summed E-state index contributed by atoms with van der Waals surface area (Å²) >= 11 is 0. The first-order valence-corrected chi connectivity index (χ1v) is 6.97. The number of pyridine rings is 1. The number of amides is 1. The number of carbonyl (C=O) groups is 1. The summed E-state index contributed by atoms with van der Waals surface area (Å²) in [4.78, 5) is 26.9.